The lowest BCUT2D eigenvalue weighted by Gasteiger charge is -2.41. The first-order chi connectivity index (χ1) is 14.1. The molecule has 1 atom stereocenters. The lowest BCUT2D eigenvalue weighted by atomic mass is 9.70. The van der Waals surface area contributed by atoms with Crippen molar-refractivity contribution >= 4 is 28.1 Å². The van der Waals surface area contributed by atoms with Crippen LogP contribution in [0, 0.1) is 0 Å². The van der Waals surface area contributed by atoms with E-state index in [9.17, 15) is 9.59 Å². The molecule has 150 valence electrons. The predicted molar refractivity (Wildman–Crippen MR) is 112 cm³/mol. The van der Waals surface area contributed by atoms with E-state index in [0.29, 0.717) is 25.9 Å². The highest BCUT2D eigenvalue weighted by atomic mass is 32.1. The standard InChI is InChI=1S/C22H24N4O2S/c27-19-7-6-17(23-19)14-20(28)25-10-8-22(9-11-25,16-4-2-1-3-5-16)18-15-26-12-13-29-21(26)24-18/h1-5,12-13,15,17H,6-11,14H2,(H,23,27)/t17-/m1/s1. The van der Waals surface area contributed by atoms with Gasteiger partial charge >= 0.3 is 0 Å². The number of nitrogens with zero attached hydrogens (tertiary/aromatic N) is 3. The van der Waals surface area contributed by atoms with Gasteiger partial charge in [0, 0.05) is 55.2 Å². The summed E-state index contributed by atoms with van der Waals surface area (Å²) < 4.78 is 2.09. The summed E-state index contributed by atoms with van der Waals surface area (Å²) in [6.45, 7) is 1.42. The Kier molecular flexibility index (Phi) is 4.62. The zero-order valence-corrected chi connectivity index (χ0v) is 17.0. The van der Waals surface area contributed by atoms with E-state index in [-0.39, 0.29) is 23.3 Å². The monoisotopic (exact) mass is 408 g/mol. The smallest absolute Gasteiger partial charge is 0.224 e. The molecule has 29 heavy (non-hydrogen) atoms. The van der Waals surface area contributed by atoms with Crippen LogP contribution in [0.25, 0.3) is 4.96 Å². The molecule has 2 amide bonds. The van der Waals surface area contributed by atoms with Gasteiger partial charge < -0.3 is 10.2 Å². The van der Waals surface area contributed by atoms with Crippen LogP contribution in [-0.2, 0) is 15.0 Å². The van der Waals surface area contributed by atoms with Gasteiger partial charge in [-0.3, -0.25) is 14.0 Å². The van der Waals surface area contributed by atoms with Crippen molar-refractivity contribution in [2.75, 3.05) is 13.1 Å². The van der Waals surface area contributed by atoms with Crippen LogP contribution in [0.2, 0.25) is 0 Å². The van der Waals surface area contributed by atoms with Gasteiger partial charge in [0.15, 0.2) is 4.96 Å². The molecule has 0 spiro atoms. The number of nitrogens with one attached hydrogen (secondary N) is 1. The van der Waals surface area contributed by atoms with Crippen molar-refractivity contribution < 1.29 is 9.59 Å². The number of carbonyl (C=O) groups is 2. The molecule has 2 aliphatic heterocycles. The number of benzene rings is 1. The van der Waals surface area contributed by atoms with Crippen molar-refractivity contribution in [1.29, 1.82) is 0 Å². The van der Waals surface area contributed by atoms with Gasteiger partial charge in [-0.25, -0.2) is 4.98 Å². The number of hydrogen-bond acceptors (Lipinski definition) is 4. The number of fused-ring (bicyclic) bond motifs is 1. The molecule has 3 aromatic rings. The van der Waals surface area contributed by atoms with Gasteiger partial charge in [-0.2, -0.15) is 0 Å². The average Bonchev–Trinajstić information content (AvgIpc) is 3.45. The predicted octanol–water partition coefficient (Wildman–Crippen LogP) is 2.97. The lowest BCUT2D eigenvalue weighted by Crippen LogP contribution is -2.47. The Morgan fingerprint density at radius 3 is 2.72 bits per heavy atom. The molecule has 1 N–H and O–H groups in total. The number of likely N-dealkylation sites (tertiary alicyclic amines) is 1. The van der Waals surface area contributed by atoms with Gasteiger partial charge in [0.1, 0.15) is 0 Å². The molecule has 2 aromatic heterocycles. The van der Waals surface area contributed by atoms with Crippen LogP contribution >= 0.6 is 11.3 Å². The third kappa shape index (κ3) is 3.33. The minimum atomic E-state index is -0.175. The normalized spacial score (nSPS) is 21.4. The molecule has 5 rings (SSSR count). The third-order valence-electron chi connectivity index (χ3n) is 6.39. The van der Waals surface area contributed by atoms with Crippen molar-refractivity contribution in [1.82, 2.24) is 19.6 Å². The fourth-order valence-corrected chi connectivity index (χ4v) is 5.42. The summed E-state index contributed by atoms with van der Waals surface area (Å²) >= 11 is 1.64. The van der Waals surface area contributed by atoms with E-state index < -0.39 is 0 Å². The zero-order chi connectivity index (χ0) is 19.8. The maximum absolute atomic E-state index is 12.8. The minimum absolute atomic E-state index is 0.00395. The molecule has 6 nitrogen and oxygen atoms in total. The first-order valence-corrected chi connectivity index (χ1v) is 11.1. The Bertz CT molecular complexity index is 1000. The summed E-state index contributed by atoms with van der Waals surface area (Å²) in [5.74, 6) is 0.203. The molecule has 0 saturated carbocycles. The van der Waals surface area contributed by atoms with Crippen molar-refractivity contribution in [2.24, 2.45) is 0 Å². The van der Waals surface area contributed by atoms with E-state index >= 15 is 0 Å². The van der Waals surface area contributed by atoms with Crippen LogP contribution in [0.15, 0.2) is 48.1 Å². The Morgan fingerprint density at radius 2 is 2.03 bits per heavy atom. The van der Waals surface area contributed by atoms with Crippen molar-refractivity contribution in [2.45, 2.75) is 43.6 Å². The topological polar surface area (TPSA) is 66.7 Å². The molecular weight excluding hydrogens is 384 g/mol. The molecule has 2 aliphatic rings. The minimum Gasteiger partial charge on any atom is -0.353 e. The number of thiazole rings is 1. The number of hydrogen-bond donors (Lipinski definition) is 1. The van der Waals surface area contributed by atoms with Gasteiger partial charge in [0.2, 0.25) is 11.8 Å². The molecule has 4 heterocycles. The number of imidazole rings is 1. The fourth-order valence-electron chi connectivity index (χ4n) is 4.72. The highest BCUT2D eigenvalue weighted by Crippen LogP contribution is 2.41. The molecule has 2 fully saturated rings. The largest absolute Gasteiger partial charge is 0.353 e. The Hall–Kier alpha value is -2.67. The number of rotatable bonds is 4. The molecule has 0 unspecified atom stereocenters. The quantitative estimate of drug-likeness (QED) is 0.722. The van der Waals surface area contributed by atoms with Crippen LogP contribution < -0.4 is 5.32 Å². The molecule has 0 radical (unpaired) electrons. The highest BCUT2D eigenvalue weighted by molar-refractivity contribution is 7.15. The summed E-state index contributed by atoms with van der Waals surface area (Å²) in [5.41, 5.74) is 2.18. The van der Waals surface area contributed by atoms with E-state index in [4.69, 9.17) is 4.98 Å². The summed E-state index contributed by atoms with van der Waals surface area (Å²) in [6.07, 6.45) is 7.60. The molecule has 1 aromatic carbocycles. The second-order valence-corrected chi connectivity index (χ2v) is 8.93. The van der Waals surface area contributed by atoms with Crippen LogP contribution in [0.3, 0.4) is 0 Å². The highest BCUT2D eigenvalue weighted by Gasteiger charge is 2.41. The first-order valence-electron chi connectivity index (χ1n) is 10.2. The molecule has 7 heteroatoms. The van der Waals surface area contributed by atoms with Gasteiger partial charge in [-0.15, -0.1) is 11.3 Å². The second kappa shape index (κ2) is 7.30. The molecule has 2 saturated heterocycles. The SMILES string of the molecule is O=C1CC[C@H](CC(=O)N2CCC(c3ccccc3)(c3cn4ccsc4n3)CC2)N1. The Balaban J connectivity index is 1.37. The average molecular weight is 409 g/mol. The number of amides is 2. The third-order valence-corrected chi connectivity index (χ3v) is 7.16. The lowest BCUT2D eigenvalue weighted by molar-refractivity contribution is -0.133. The van der Waals surface area contributed by atoms with Crippen molar-refractivity contribution in [3.05, 3.63) is 59.4 Å². The van der Waals surface area contributed by atoms with Gasteiger partial charge in [-0.1, -0.05) is 30.3 Å². The van der Waals surface area contributed by atoms with Gasteiger partial charge in [0.05, 0.1) is 5.69 Å². The number of piperidine rings is 1. The fraction of sp³-hybridized carbons (Fsp3) is 0.409. The summed E-state index contributed by atoms with van der Waals surface area (Å²) in [5, 5.41) is 4.95. The summed E-state index contributed by atoms with van der Waals surface area (Å²) in [6, 6.07) is 10.6. The van der Waals surface area contributed by atoms with E-state index in [1.54, 1.807) is 11.3 Å². The van der Waals surface area contributed by atoms with Crippen molar-refractivity contribution in [3.63, 3.8) is 0 Å². The molecular formula is C22H24N4O2S. The maximum atomic E-state index is 12.8. The number of aromatic nitrogens is 2. The van der Waals surface area contributed by atoms with Crippen LogP contribution in [-0.4, -0.2) is 45.2 Å². The molecule has 0 aliphatic carbocycles. The van der Waals surface area contributed by atoms with E-state index in [1.807, 2.05) is 22.5 Å². The maximum Gasteiger partial charge on any atom is 0.224 e. The van der Waals surface area contributed by atoms with Gasteiger partial charge in [0.25, 0.3) is 0 Å². The van der Waals surface area contributed by atoms with Crippen LogP contribution in [0.1, 0.15) is 43.4 Å². The Morgan fingerprint density at radius 1 is 1.24 bits per heavy atom. The summed E-state index contributed by atoms with van der Waals surface area (Å²) in [7, 11) is 0. The van der Waals surface area contributed by atoms with Crippen LogP contribution in [0.5, 0.6) is 0 Å². The van der Waals surface area contributed by atoms with Crippen molar-refractivity contribution in [3.8, 4) is 0 Å². The molecule has 0 bridgehead atoms. The first kappa shape index (κ1) is 18.4. The Labute approximate surface area is 173 Å². The number of carbonyl (C=O) groups excluding carboxylic acids is 2. The van der Waals surface area contributed by atoms with Gasteiger partial charge in [-0.05, 0) is 24.8 Å². The van der Waals surface area contributed by atoms with Crippen LogP contribution in [0.4, 0.5) is 0 Å². The van der Waals surface area contributed by atoms with E-state index in [1.165, 1.54) is 5.56 Å². The van der Waals surface area contributed by atoms with E-state index in [2.05, 4.69) is 40.2 Å². The second-order valence-electron chi connectivity index (χ2n) is 8.06. The summed E-state index contributed by atoms with van der Waals surface area (Å²) in [4.78, 5) is 32.1. The van der Waals surface area contributed by atoms with E-state index in [0.717, 1.165) is 29.9 Å². The zero-order valence-electron chi connectivity index (χ0n) is 16.2.